The minimum atomic E-state index is -0.111. The fourth-order valence-electron chi connectivity index (χ4n) is 3.55. The van der Waals surface area contributed by atoms with Gasteiger partial charge in [0.2, 0.25) is 0 Å². The first-order valence-corrected chi connectivity index (χ1v) is 11.7. The predicted octanol–water partition coefficient (Wildman–Crippen LogP) is 7.05. The van der Waals surface area contributed by atoms with Gasteiger partial charge in [-0.05, 0) is 67.8 Å². The molecule has 3 aromatic carbocycles. The number of rotatable bonds is 6. The van der Waals surface area contributed by atoms with Crippen LogP contribution in [0.5, 0.6) is 0 Å². The van der Waals surface area contributed by atoms with Gasteiger partial charge in [-0.15, -0.1) is 11.3 Å². The standard InChI is InChI=1S/C27H23N5OS/c1-17-7-9-20(10-8-17)30-25-16-26(29-18(2)28-25)31-21-11-13-22(14-12-21)32-27(33)24-15-19-5-3-4-6-23(19)34-24/h3-16H,1-2H3,(H,32,33)(H2,28,29,30,31). The molecular formula is C27H23N5OS. The normalized spacial score (nSPS) is 10.8. The van der Waals surface area contributed by atoms with Crippen LogP contribution in [-0.2, 0) is 0 Å². The Balaban J connectivity index is 1.26. The molecule has 2 aromatic heterocycles. The average Bonchev–Trinajstić information content (AvgIpc) is 3.26. The third kappa shape index (κ3) is 5.05. The monoisotopic (exact) mass is 465 g/mol. The molecule has 6 nitrogen and oxygen atoms in total. The van der Waals surface area contributed by atoms with Gasteiger partial charge in [-0.3, -0.25) is 4.79 Å². The van der Waals surface area contributed by atoms with Crippen LogP contribution in [0.1, 0.15) is 21.1 Å². The number of hydrogen-bond acceptors (Lipinski definition) is 6. The van der Waals surface area contributed by atoms with Gasteiger partial charge in [0.05, 0.1) is 4.88 Å². The number of carbonyl (C=O) groups is 1. The molecular weight excluding hydrogens is 442 g/mol. The lowest BCUT2D eigenvalue weighted by molar-refractivity contribution is 0.103. The average molecular weight is 466 g/mol. The van der Waals surface area contributed by atoms with Crippen molar-refractivity contribution in [3.63, 3.8) is 0 Å². The number of aryl methyl sites for hydroxylation is 2. The molecule has 0 unspecified atom stereocenters. The van der Waals surface area contributed by atoms with Crippen molar-refractivity contribution in [2.45, 2.75) is 13.8 Å². The van der Waals surface area contributed by atoms with E-state index in [9.17, 15) is 4.79 Å². The van der Waals surface area contributed by atoms with Crippen molar-refractivity contribution in [3.8, 4) is 0 Å². The van der Waals surface area contributed by atoms with E-state index in [2.05, 4.69) is 45.0 Å². The molecule has 0 radical (unpaired) electrons. The molecule has 0 fully saturated rings. The fraction of sp³-hybridized carbons (Fsp3) is 0.0741. The van der Waals surface area contributed by atoms with Crippen LogP contribution in [0.3, 0.4) is 0 Å². The molecule has 0 saturated carbocycles. The van der Waals surface area contributed by atoms with Gasteiger partial charge in [0, 0.05) is 27.8 Å². The second kappa shape index (κ2) is 9.33. The Morgan fingerprint density at radius 2 is 1.32 bits per heavy atom. The molecule has 0 aliphatic carbocycles. The fourth-order valence-corrected chi connectivity index (χ4v) is 4.51. The molecule has 0 saturated heterocycles. The highest BCUT2D eigenvalue weighted by atomic mass is 32.1. The van der Waals surface area contributed by atoms with E-state index >= 15 is 0 Å². The van der Waals surface area contributed by atoms with Gasteiger partial charge in [0.25, 0.3) is 5.91 Å². The third-order valence-corrected chi connectivity index (χ3v) is 6.34. The molecule has 3 N–H and O–H groups in total. The zero-order valence-electron chi connectivity index (χ0n) is 18.8. The van der Waals surface area contributed by atoms with E-state index in [1.54, 1.807) is 0 Å². The zero-order chi connectivity index (χ0) is 23.5. The molecule has 5 rings (SSSR count). The molecule has 0 aliphatic rings. The predicted molar refractivity (Wildman–Crippen MR) is 141 cm³/mol. The Bertz CT molecular complexity index is 1430. The van der Waals surface area contributed by atoms with E-state index < -0.39 is 0 Å². The van der Waals surface area contributed by atoms with Crippen LogP contribution in [0.25, 0.3) is 10.1 Å². The molecule has 5 aromatic rings. The first-order valence-electron chi connectivity index (χ1n) is 10.9. The summed E-state index contributed by atoms with van der Waals surface area (Å²) in [7, 11) is 0. The SMILES string of the molecule is Cc1ccc(Nc2cc(Nc3ccc(NC(=O)c4cc5ccccc5s4)cc3)nc(C)n2)cc1. The number of anilines is 5. The van der Waals surface area contributed by atoms with Crippen LogP contribution in [-0.4, -0.2) is 15.9 Å². The van der Waals surface area contributed by atoms with E-state index in [4.69, 9.17) is 0 Å². The summed E-state index contributed by atoms with van der Waals surface area (Å²) in [6.07, 6.45) is 0. The summed E-state index contributed by atoms with van der Waals surface area (Å²) >= 11 is 1.49. The maximum atomic E-state index is 12.7. The van der Waals surface area contributed by atoms with Crippen molar-refractivity contribution in [3.05, 3.63) is 101 Å². The molecule has 2 heterocycles. The molecule has 168 valence electrons. The highest BCUT2D eigenvalue weighted by Crippen LogP contribution is 2.27. The van der Waals surface area contributed by atoms with E-state index in [1.165, 1.54) is 16.9 Å². The Hall–Kier alpha value is -4.23. The minimum Gasteiger partial charge on any atom is -0.340 e. The van der Waals surface area contributed by atoms with Crippen molar-refractivity contribution in [2.24, 2.45) is 0 Å². The number of amides is 1. The molecule has 0 bridgehead atoms. The van der Waals surface area contributed by atoms with Crippen LogP contribution in [0.2, 0.25) is 0 Å². The summed E-state index contributed by atoms with van der Waals surface area (Å²) in [5.74, 6) is 1.95. The molecule has 0 atom stereocenters. The van der Waals surface area contributed by atoms with Crippen molar-refractivity contribution in [1.82, 2.24) is 9.97 Å². The van der Waals surface area contributed by atoms with Gasteiger partial charge in [-0.2, -0.15) is 0 Å². The van der Waals surface area contributed by atoms with Crippen molar-refractivity contribution in [2.75, 3.05) is 16.0 Å². The van der Waals surface area contributed by atoms with Gasteiger partial charge in [-0.25, -0.2) is 9.97 Å². The lowest BCUT2D eigenvalue weighted by Crippen LogP contribution is -2.09. The second-order valence-corrected chi connectivity index (χ2v) is 9.07. The number of aromatic nitrogens is 2. The highest BCUT2D eigenvalue weighted by molar-refractivity contribution is 7.20. The van der Waals surface area contributed by atoms with Crippen molar-refractivity contribution in [1.29, 1.82) is 0 Å². The Kier molecular flexibility index (Phi) is 5.93. The van der Waals surface area contributed by atoms with Crippen molar-refractivity contribution >= 4 is 56.0 Å². The lowest BCUT2D eigenvalue weighted by atomic mass is 10.2. The number of nitrogens with zero attached hydrogens (tertiary/aromatic N) is 2. The van der Waals surface area contributed by atoms with Crippen LogP contribution >= 0.6 is 11.3 Å². The third-order valence-electron chi connectivity index (χ3n) is 5.23. The van der Waals surface area contributed by atoms with Gasteiger partial charge in [0.15, 0.2) is 0 Å². The first kappa shape index (κ1) is 21.6. The number of hydrogen-bond donors (Lipinski definition) is 3. The maximum Gasteiger partial charge on any atom is 0.265 e. The second-order valence-electron chi connectivity index (χ2n) is 7.98. The van der Waals surface area contributed by atoms with E-state index in [0.29, 0.717) is 22.3 Å². The Morgan fingerprint density at radius 1 is 0.735 bits per heavy atom. The number of nitrogens with one attached hydrogen (secondary N) is 3. The number of benzene rings is 3. The van der Waals surface area contributed by atoms with Gasteiger partial charge in [0.1, 0.15) is 17.5 Å². The van der Waals surface area contributed by atoms with Crippen LogP contribution in [0.4, 0.5) is 28.7 Å². The lowest BCUT2D eigenvalue weighted by Gasteiger charge is -2.11. The summed E-state index contributed by atoms with van der Waals surface area (Å²) < 4.78 is 1.10. The number of carbonyl (C=O) groups excluding carboxylic acids is 1. The smallest absolute Gasteiger partial charge is 0.265 e. The number of fused-ring (bicyclic) bond motifs is 1. The summed E-state index contributed by atoms with van der Waals surface area (Å²) in [6, 6.07) is 27.5. The molecule has 7 heteroatoms. The summed E-state index contributed by atoms with van der Waals surface area (Å²) in [5.41, 5.74) is 3.76. The molecule has 0 aliphatic heterocycles. The van der Waals surface area contributed by atoms with Crippen LogP contribution in [0.15, 0.2) is 84.9 Å². The molecule has 0 spiro atoms. The summed E-state index contributed by atoms with van der Waals surface area (Å²) in [6.45, 7) is 3.92. The Morgan fingerprint density at radius 3 is 1.97 bits per heavy atom. The van der Waals surface area contributed by atoms with Crippen LogP contribution in [0, 0.1) is 13.8 Å². The zero-order valence-corrected chi connectivity index (χ0v) is 19.6. The van der Waals surface area contributed by atoms with E-state index in [1.807, 2.05) is 79.7 Å². The largest absolute Gasteiger partial charge is 0.340 e. The summed E-state index contributed by atoms with van der Waals surface area (Å²) in [5, 5.41) is 10.7. The van der Waals surface area contributed by atoms with Gasteiger partial charge in [-0.1, -0.05) is 35.9 Å². The first-order chi connectivity index (χ1) is 16.5. The topological polar surface area (TPSA) is 78.9 Å². The van der Waals surface area contributed by atoms with Gasteiger partial charge < -0.3 is 16.0 Å². The molecule has 1 amide bonds. The van der Waals surface area contributed by atoms with Gasteiger partial charge >= 0.3 is 0 Å². The Labute approximate surface area is 201 Å². The van der Waals surface area contributed by atoms with E-state index in [0.717, 1.165) is 27.1 Å². The minimum absolute atomic E-state index is 0.111. The number of thiophene rings is 1. The molecule has 34 heavy (non-hydrogen) atoms. The van der Waals surface area contributed by atoms with E-state index in [-0.39, 0.29) is 5.91 Å². The summed E-state index contributed by atoms with van der Waals surface area (Å²) in [4.78, 5) is 22.3. The van der Waals surface area contributed by atoms with Crippen LogP contribution < -0.4 is 16.0 Å². The maximum absolute atomic E-state index is 12.7. The highest BCUT2D eigenvalue weighted by Gasteiger charge is 2.10. The quantitative estimate of drug-likeness (QED) is 0.250. The van der Waals surface area contributed by atoms with Crippen molar-refractivity contribution < 1.29 is 4.79 Å².